The third kappa shape index (κ3) is 4.77. The third-order valence-corrected chi connectivity index (χ3v) is 4.13. The van der Waals surface area contributed by atoms with E-state index in [1.54, 1.807) is 24.3 Å². The van der Waals surface area contributed by atoms with Gasteiger partial charge in [0.1, 0.15) is 6.10 Å². The first-order chi connectivity index (χ1) is 11.7. The lowest BCUT2D eigenvalue weighted by Crippen LogP contribution is -2.41. The fourth-order valence-corrected chi connectivity index (χ4v) is 2.81. The number of nitrogens with one attached hydrogen (secondary N) is 2. The molecule has 2 aliphatic heterocycles. The summed E-state index contributed by atoms with van der Waals surface area (Å²) in [5, 5.41) is 5.70. The number of nitrogens with zero attached hydrogens (tertiary/aromatic N) is 1. The van der Waals surface area contributed by atoms with Gasteiger partial charge >= 0.3 is 0 Å². The van der Waals surface area contributed by atoms with E-state index >= 15 is 0 Å². The maximum Gasteiger partial charge on any atom is 0.253 e. The Morgan fingerprint density at radius 2 is 1.71 bits per heavy atom. The SMILES string of the molecule is O=C(CN1CCOCC1)Nc1ccc(NC(=O)[C@@H]2CCCO2)cc1. The Balaban J connectivity index is 1.46. The van der Waals surface area contributed by atoms with Crippen LogP contribution < -0.4 is 10.6 Å². The minimum Gasteiger partial charge on any atom is -0.379 e. The second kappa shape index (κ2) is 8.23. The smallest absolute Gasteiger partial charge is 0.253 e. The lowest BCUT2D eigenvalue weighted by molar-refractivity contribution is -0.124. The van der Waals surface area contributed by atoms with Gasteiger partial charge in [-0.25, -0.2) is 0 Å². The van der Waals surface area contributed by atoms with Gasteiger partial charge < -0.3 is 20.1 Å². The van der Waals surface area contributed by atoms with Crippen LogP contribution in [-0.2, 0) is 19.1 Å². The molecule has 2 saturated heterocycles. The van der Waals surface area contributed by atoms with Gasteiger partial charge in [-0.15, -0.1) is 0 Å². The highest BCUT2D eigenvalue weighted by Gasteiger charge is 2.23. The predicted molar refractivity (Wildman–Crippen MR) is 89.9 cm³/mol. The standard InChI is InChI=1S/C17H23N3O4/c21-16(12-20-7-10-23-11-8-20)18-13-3-5-14(6-4-13)19-17(22)15-2-1-9-24-15/h3-6,15H,1-2,7-12H2,(H,18,21)(H,19,22)/t15-/m0/s1. The summed E-state index contributed by atoms with van der Waals surface area (Å²) in [5.41, 5.74) is 1.41. The molecule has 2 fully saturated rings. The van der Waals surface area contributed by atoms with E-state index in [0.717, 1.165) is 25.9 Å². The van der Waals surface area contributed by atoms with Gasteiger partial charge in [-0.1, -0.05) is 0 Å². The highest BCUT2D eigenvalue weighted by molar-refractivity contribution is 5.95. The number of benzene rings is 1. The Kier molecular flexibility index (Phi) is 5.79. The summed E-state index contributed by atoms with van der Waals surface area (Å²) in [7, 11) is 0. The molecule has 2 amide bonds. The van der Waals surface area contributed by atoms with Crippen molar-refractivity contribution in [2.45, 2.75) is 18.9 Å². The second-order valence-corrected chi connectivity index (χ2v) is 6.00. The van der Waals surface area contributed by atoms with Crippen molar-refractivity contribution < 1.29 is 19.1 Å². The summed E-state index contributed by atoms with van der Waals surface area (Å²) < 4.78 is 10.6. The van der Waals surface area contributed by atoms with Crippen molar-refractivity contribution in [2.75, 3.05) is 50.1 Å². The number of morpholine rings is 1. The van der Waals surface area contributed by atoms with Crippen LogP contribution in [0.4, 0.5) is 11.4 Å². The first-order valence-electron chi connectivity index (χ1n) is 8.33. The molecular formula is C17H23N3O4. The van der Waals surface area contributed by atoms with Crippen LogP contribution in [0.25, 0.3) is 0 Å². The number of ether oxygens (including phenoxy) is 2. The van der Waals surface area contributed by atoms with E-state index in [1.807, 2.05) is 0 Å². The lowest BCUT2D eigenvalue weighted by Gasteiger charge is -2.25. The molecule has 7 nitrogen and oxygen atoms in total. The van der Waals surface area contributed by atoms with E-state index in [0.29, 0.717) is 37.7 Å². The van der Waals surface area contributed by atoms with Gasteiger partial charge in [-0.3, -0.25) is 14.5 Å². The number of hydrogen-bond acceptors (Lipinski definition) is 5. The average molecular weight is 333 g/mol. The van der Waals surface area contributed by atoms with Crippen molar-refractivity contribution in [2.24, 2.45) is 0 Å². The zero-order valence-corrected chi connectivity index (χ0v) is 13.6. The zero-order valence-electron chi connectivity index (χ0n) is 13.6. The Bertz CT molecular complexity index is 564. The molecule has 1 aromatic carbocycles. The van der Waals surface area contributed by atoms with Gasteiger partial charge in [0.2, 0.25) is 5.91 Å². The molecule has 1 atom stereocenters. The highest BCUT2D eigenvalue weighted by atomic mass is 16.5. The highest BCUT2D eigenvalue weighted by Crippen LogP contribution is 2.17. The van der Waals surface area contributed by atoms with Crippen LogP contribution in [0.1, 0.15) is 12.8 Å². The Morgan fingerprint density at radius 3 is 2.33 bits per heavy atom. The molecule has 0 unspecified atom stereocenters. The molecule has 0 bridgehead atoms. The molecule has 2 N–H and O–H groups in total. The summed E-state index contributed by atoms with van der Waals surface area (Å²) in [6.45, 7) is 3.91. The van der Waals surface area contributed by atoms with Crippen molar-refractivity contribution in [1.29, 1.82) is 0 Å². The summed E-state index contributed by atoms with van der Waals surface area (Å²) in [5.74, 6) is -0.162. The van der Waals surface area contributed by atoms with Gasteiger partial charge in [0.15, 0.2) is 0 Å². The number of amides is 2. The molecule has 1 aromatic rings. The van der Waals surface area contributed by atoms with Crippen molar-refractivity contribution in [3.63, 3.8) is 0 Å². The summed E-state index contributed by atoms with van der Waals surface area (Å²) in [6, 6.07) is 7.11. The quantitative estimate of drug-likeness (QED) is 0.843. The van der Waals surface area contributed by atoms with Gasteiger partial charge in [-0.05, 0) is 37.1 Å². The van der Waals surface area contributed by atoms with Gasteiger partial charge in [0.25, 0.3) is 5.91 Å². The van der Waals surface area contributed by atoms with Crippen molar-refractivity contribution >= 4 is 23.2 Å². The average Bonchev–Trinajstić information content (AvgIpc) is 3.12. The second-order valence-electron chi connectivity index (χ2n) is 6.00. The first kappa shape index (κ1) is 16.9. The monoisotopic (exact) mass is 333 g/mol. The molecule has 3 rings (SSSR count). The van der Waals surface area contributed by atoms with Crippen molar-refractivity contribution in [1.82, 2.24) is 4.90 Å². The van der Waals surface area contributed by atoms with Gasteiger partial charge in [0, 0.05) is 31.1 Å². The molecule has 0 radical (unpaired) electrons. The molecule has 0 spiro atoms. The maximum absolute atomic E-state index is 12.0. The number of rotatable bonds is 5. The maximum atomic E-state index is 12.0. The topological polar surface area (TPSA) is 79.9 Å². The fraction of sp³-hybridized carbons (Fsp3) is 0.529. The van der Waals surface area contributed by atoms with Crippen LogP contribution in [0.15, 0.2) is 24.3 Å². The number of carbonyl (C=O) groups is 2. The minimum absolute atomic E-state index is 0.0481. The van der Waals surface area contributed by atoms with Crippen LogP contribution in [-0.4, -0.2) is 62.3 Å². The molecule has 130 valence electrons. The van der Waals surface area contributed by atoms with Crippen LogP contribution in [0.2, 0.25) is 0 Å². The van der Waals surface area contributed by atoms with Gasteiger partial charge in [-0.2, -0.15) is 0 Å². The molecule has 0 aromatic heterocycles. The van der Waals surface area contributed by atoms with E-state index in [2.05, 4.69) is 15.5 Å². The van der Waals surface area contributed by atoms with E-state index < -0.39 is 0 Å². The van der Waals surface area contributed by atoms with E-state index in [4.69, 9.17) is 9.47 Å². The molecule has 2 aliphatic rings. The van der Waals surface area contributed by atoms with E-state index in [1.165, 1.54) is 0 Å². The Hall–Kier alpha value is -1.96. The summed E-state index contributed by atoms with van der Waals surface area (Å²) in [6.07, 6.45) is 1.34. The molecule has 24 heavy (non-hydrogen) atoms. The van der Waals surface area contributed by atoms with E-state index in [9.17, 15) is 9.59 Å². The number of anilines is 2. The minimum atomic E-state index is -0.349. The third-order valence-electron chi connectivity index (χ3n) is 4.13. The van der Waals surface area contributed by atoms with Crippen LogP contribution in [0.5, 0.6) is 0 Å². The Labute approximate surface area is 141 Å². The molecule has 0 aliphatic carbocycles. The zero-order chi connectivity index (χ0) is 16.8. The fourth-order valence-electron chi connectivity index (χ4n) is 2.81. The van der Waals surface area contributed by atoms with Crippen LogP contribution in [0, 0.1) is 0 Å². The molecular weight excluding hydrogens is 310 g/mol. The molecule has 0 saturated carbocycles. The van der Waals surface area contributed by atoms with E-state index in [-0.39, 0.29) is 17.9 Å². The molecule has 2 heterocycles. The van der Waals surface area contributed by atoms with Gasteiger partial charge in [0.05, 0.1) is 19.8 Å². The van der Waals surface area contributed by atoms with Crippen LogP contribution >= 0.6 is 0 Å². The van der Waals surface area contributed by atoms with Crippen LogP contribution in [0.3, 0.4) is 0 Å². The predicted octanol–water partition coefficient (Wildman–Crippen LogP) is 1.07. The van der Waals surface area contributed by atoms with Crippen molar-refractivity contribution in [3.05, 3.63) is 24.3 Å². The Morgan fingerprint density at radius 1 is 1.04 bits per heavy atom. The summed E-state index contributed by atoms with van der Waals surface area (Å²) >= 11 is 0. The largest absolute Gasteiger partial charge is 0.379 e. The normalized spacial score (nSPS) is 21.4. The van der Waals surface area contributed by atoms with Crippen molar-refractivity contribution in [3.8, 4) is 0 Å². The number of carbonyl (C=O) groups excluding carboxylic acids is 2. The first-order valence-corrected chi connectivity index (χ1v) is 8.33. The summed E-state index contributed by atoms with van der Waals surface area (Å²) in [4.78, 5) is 26.1. The number of hydrogen-bond donors (Lipinski definition) is 2. The molecule has 7 heteroatoms. The lowest BCUT2D eigenvalue weighted by atomic mass is 10.2.